The second-order valence-electron chi connectivity index (χ2n) is 5.50. The van der Waals surface area contributed by atoms with Crippen LogP contribution in [0.15, 0.2) is 48.0 Å². The Morgan fingerprint density at radius 1 is 1.24 bits per heavy atom. The van der Waals surface area contributed by atoms with Gasteiger partial charge in [0.15, 0.2) is 0 Å². The molecule has 0 aliphatic rings. The van der Waals surface area contributed by atoms with Crippen molar-refractivity contribution in [3.8, 4) is 16.5 Å². The number of hydrogen-bond donors (Lipinski definition) is 0. The highest BCUT2D eigenvalue weighted by Crippen LogP contribution is 2.22. The Balaban J connectivity index is 1.57. The molecule has 2 aromatic heterocycles. The summed E-state index contributed by atoms with van der Waals surface area (Å²) in [6, 6.07) is 11.4. The van der Waals surface area contributed by atoms with Gasteiger partial charge in [-0.25, -0.2) is 4.98 Å². The van der Waals surface area contributed by atoms with E-state index < -0.39 is 0 Å². The third kappa shape index (κ3) is 4.42. The molecule has 128 valence electrons. The Morgan fingerprint density at radius 2 is 2.12 bits per heavy atom. The molecule has 6 heteroatoms. The Hall–Kier alpha value is -2.73. The van der Waals surface area contributed by atoms with Crippen molar-refractivity contribution in [2.75, 3.05) is 7.11 Å². The second kappa shape index (κ2) is 7.90. The van der Waals surface area contributed by atoms with Crippen LogP contribution in [0, 0.1) is 6.92 Å². The lowest BCUT2D eigenvalue weighted by atomic mass is 10.1. The van der Waals surface area contributed by atoms with E-state index in [2.05, 4.69) is 9.97 Å². The first-order valence-corrected chi connectivity index (χ1v) is 8.68. The van der Waals surface area contributed by atoms with Crippen LogP contribution in [0.3, 0.4) is 0 Å². The van der Waals surface area contributed by atoms with Crippen molar-refractivity contribution in [1.29, 1.82) is 0 Å². The highest BCUT2D eigenvalue weighted by Gasteiger charge is 2.10. The van der Waals surface area contributed by atoms with Crippen molar-refractivity contribution in [2.45, 2.75) is 20.0 Å². The molecular weight excluding hydrogens is 336 g/mol. The zero-order valence-corrected chi connectivity index (χ0v) is 14.9. The zero-order chi connectivity index (χ0) is 17.6. The zero-order valence-electron chi connectivity index (χ0n) is 14.1. The number of aromatic nitrogens is 2. The summed E-state index contributed by atoms with van der Waals surface area (Å²) in [6.45, 7) is 2.12. The van der Waals surface area contributed by atoms with Crippen LogP contribution in [0.2, 0.25) is 0 Å². The van der Waals surface area contributed by atoms with E-state index in [1.165, 1.54) is 11.3 Å². The molecule has 0 aliphatic carbocycles. The highest BCUT2D eigenvalue weighted by atomic mass is 32.1. The standard InChI is InChI=1S/C19H18N2O3S/c1-13-6-7-14(9-17(13)23-2)10-18(22)24-11-15-12-25-19(21-15)16-5-3-4-8-20-16/h3-9,12H,10-11H2,1-2H3. The Morgan fingerprint density at radius 3 is 2.88 bits per heavy atom. The summed E-state index contributed by atoms with van der Waals surface area (Å²) < 4.78 is 10.6. The van der Waals surface area contributed by atoms with Crippen molar-refractivity contribution in [2.24, 2.45) is 0 Å². The first kappa shape index (κ1) is 17.1. The topological polar surface area (TPSA) is 61.3 Å². The lowest BCUT2D eigenvalue weighted by molar-refractivity contribution is -0.144. The van der Waals surface area contributed by atoms with Crippen LogP contribution in [0.4, 0.5) is 0 Å². The predicted octanol–water partition coefficient (Wildman–Crippen LogP) is 3.81. The van der Waals surface area contributed by atoms with Crippen LogP contribution < -0.4 is 4.74 Å². The summed E-state index contributed by atoms with van der Waals surface area (Å²) in [4.78, 5) is 20.8. The molecule has 25 heavy (non-hydrogen) atoms. The van der Waals surface area contributed by atoms with E-state index in [1.54, 1.807) is 13.3 Å². The summed E-state index contributed by atoms with van der Waals surface area (Å²) >= 11 is 1.48. The van der Waals surface area contributed by atoms with Gasteiger partial charge < -0.3 is 9.47 Å². The fourth-order valence-corrected chi connectivity index (χ4v) is 3.11. The fourth-order valence-electron chi connectivity index (χ4n) is 2.33. The van der Waals surface area contributed by atoms with E-state index in [4.69, 9.17) is 9.47 Å². The van der Waals surface area contributed by atoms with Gasteiger partial charge in [-0.2, -0.15) is 0 Å². The molecule has 0 bridgehead atoms. The van der Waals surface area contributed by atoms with E-state index in [0.29, 0.717) is 0 Å². The van der Waals surface area contributed by atoms with Crippen LogP contribution in [-0.4, -0.2) is 23.0 Å². The average Bonchev–Trinajstić information content (AvgIpc) is 3.11. The third-order valence-corrected chi connectivity index (χ3v) is 4.55. The smallest absolute Gasteiger partial charge is 0.310 e. The van der Waals surface area contributed by atoms with Crippen molar-refractivity contribution in [1.82, 2.24) is 9.97 Å². The maximum absolute atomic E-state index is 12.0. The van der Waals surface area contributed by atoms with Gasteiger partial charge in [-0.15, -0.1) is 11.3 Å². The summed E-state index contributed by atoms with van der Waals surface area (Å²) in [6.07, 6.45) is 1.93. The van der Waals surface area contributed by atoms with Crippen LogP contribution in [-0.2, 0) is 22.6 Å². The molecule has 0 saturated heterocycles. The maximum atomic E-state index is 12.0. The van der Waals surface area contributed by atoms with E-state index in [1.807, 2.05) is 48.7 Å². The number of thiazole rings is 1. The molecule has 0 aliphatic heterocycles. The molecule has 0 fully saturated rings. The predicted molar refractivity (Wildman–Crippen MR) is 96.6 cm³/mol. The van der Waals surface area contributed by atoms with Gasteiger partial charge in [0.2, 0.25) is 0 Å². The van der Waals surface area contributed by atoms with Gasteiger partial charge in [0.05, 0.1) is 24.9 Å². The Labute approximate surface area is 150 Å². The van der Waals surface area contributed by atoms with Crippen molar-refractivity contribution >= 4 is 17.3 Å². The largest absolute Gasteiger partial charge is 0.496 e. The molecule has 1 aromatic carbocycles. The quantitative estimate of drug-likeness (QED) is 0.630. The lowest BCUT2D eigenvalue weighted by Gasteiger charge is -2.07. The normalized spacial score (nSPS) is 10.5. The minimum atomic E-state index is -0.293. The number of carbonyl (C=O) groups is 1. The molecule has 0 unspecified atom stereocenters. The molecule has 0 radical (unpaired) electrons. The average molecular weight is 354 g/mol. The first-order valence-electron chi connectivity index (χ1n) is 7.80. The van der Waals surface area contributed by atoms with Crippen molar-refractivity contribution in [3.63, 3.8) is 0 Å². The van der Waals surface area contributed by atoms with Crippen LogP contribution in [0.5, 0.6) is 5.75 Å². The van der Waals surface area contributed by atoms with Gasteiger partial charge in [-0.1, -0.05) is 18.2 Å². The summed E-state index contributed by atoms with van der Waals surface area (Å²) in [5, 5.41) is 2.70. The number of benzene rings is 1. The minimum Gasteiger partial charge on any atom is -0.496 e. The van der Waals surface area contributed by atoms with Crippen molar-refractivity contribution in [3.05, 3.63) is 64.8 Å². The third-order valence-electron chi connectivity index (χ3n) is 3.64. The first-order chi connectivity index (χ1) is 12.2. The molecule has 0 amide bonds. The summed E-state index contributed by atoms with van der Waals surface area (Å²) in [5.74, 6) is 0.475. The van der Waals surface area contributed by atoms with Gasteiger partial charge in [-0.3, -0.25) is 9.78 Å². The molecule has 0 N–H and O–H groups in total. The second-order valence-corrected chi connectivity index (χ2v) is 6.36. The SMILES string of the molecule is COc1cc(CC(=O)OCc2csc(-c3ccccn3)n2)ccc1C. The highest BCUT2D eigenvalue weighted by molar-refractivity contribution is 7.13. The number of pyridine rings is 1. The number of ether oxygens (including phenoxy) is 2. The molecule has 0 saturated carbocycles. The number of nitrogens with zero attached hydrogens (tertiary/aromatic N) is 2. The number of rotatable bonds is 6. The van der Waals surface area contributed by atoms with Gasteiger partial charge in [0.25, 0.3) is 0 Å². The van der Waals surface area contributed by atoms with E-state index >= 15 is 0 Å². The summed E-state index contributed by atoms with van der Waals surface area (Å²) in [5.41, 5.74) is 3.43. The number of aryl methyl sites for hydroxylation is 1. The summed E-state index contributed by atoms with van der Waals surface area (Å²) in [7, 11) is 1.62. The van der Waals surface area contributed by atoms with Gasteiger partial charge in [0.1, 0.15) is 17.4 Å². The van der Waals surface area contributed by atoms with Gasteiger partial charge in [0, 0.05) is 11.6 Å². The van der Waals surface area contributed by atoms with Crippen molar-refractivity contribution < 1.29 is 14.3 Å². The Bertz CT molecular complexity index is 862. The van der Waals surface area contributed by atoms with Gasteiger partial charge in [-0.05, 0) is 36.2 Å². The van der Waals surface area contributed by atoms with Crippen LogP contribution in [0.25, 0.3) is 10.7 Å². The van der Waals surface area contributed by atoms with Crippen LogP contribution >= 0.6 is 11.3 Å². The van der Waals surface area contributed by atoms with E-state index in [9.17, 15) is 4.79 Å². The lowest BCUT2D eigenvalue weighted by Crippen LogP contribution is -2.08. The molecule has 3 aromatic rings. The minimum absolute atomic E-state index is 0.158. The monoisotopic (exact) mass is 354 g/mol. The Kier molecular flexibility index (Phi) is 5.40. The fraction of sp³-hybridized carbons (Fsp3) is 0.211. The maximum Gasteiger partial charge on any atom is 0.310 e. The molecule has 5 nitrogen and oxygen atoms in total. The van der Waals surface area contributed by atoms with E-state index in [-0.39, 0.29) is 19.0 Å². The molecule has 0 spiro atoms. The van der Waals surface area contributed by atoms with Crippen LogP contribution in [0.1, 0.15) is 16.8 Å². The number of esters is 1. The van der Waals surface area contributed by atoms with E-state index in [0.717, 1.165) is 33.3 Å². The molecule has 0 atom stereocenters. The number of hydrogen-bond acceptors (Lipinski definition) is 6. The number of methoxy groups -OCH3 is 1. The molecule has 3 rings (SSSR count). The number of carbonyl (C=O) groups excluding carboxylic acids is 1. The van der Waals surface area contributed by atoms with Gasteiger partial charge >= 0.3 is 5.97 Å². The molecular formula is C19H18N2O3S. The molecule has 2 heterocycles.